The Balaban J connectivity index is 1.96. The summed E-state index contributed by atoms with van der Waals surface area (Å²) < 4.78 is 0.0136. The van der Waals surface area contributed by atoms with Crippen LogP contribution in [-0.2, 0) is 0 Å². The molecule has 0 aromatic heterocycles. The third-order valence-corrected chi connectivity index (χ3v) is 4.38. The van der Waals surface area contributed by atoms with E-state index < -0.39 is 0 Å². The Kier molecular flexibility index (Phi) is 5.01. The van der Waals surface area contributed by atoms with E-state index in [0.29, 0.717) is 10.0 Å². The molecule has 92 valence electrons. The van der Waals surface area contributed by atoms with Crippen molar-refractivity contribution in [3.05, 3.63) is 58.6 Å². The average Bonchev–Trinajstić information content (AvgIpc) is 2.35. The van der Waals surface area contributed by atoms with Gasteiger partial charge in [0, 0.05) is 19.8 Å². The quantitative estimate of drug-likeness (QED) is 0.633. The molecule has 0 heterocycles. The number of carbonyl (C=O) groups is 1. The predicted molar refractivity (Wildman–Crippen MR) is 80.0 cm³/mol. The smallest absolute Gasteiger partial charge is 0.255 e. The summed E-state index contributed by atoms with van der Waals surface area (Å²) in [6, 6.07) is 14.4. The van der Waals surface area contributed by atoms with Crippen LogP contribution in [0.15, 0.2) is 58.3 Å². The van der Waals surface area contributed by atoms with Crippen LogP contribution < -0.4 is 0 Å². The zero-order valence-electron chi connectivity index (χ0n) is 9.10. The maximum Gasteiger partial charge on any atom is 0.255 e. The molecule has 0 aliphatic carbocycles. The lowest BCUT2D eigenvalue weighted by molar-refractivity contribution is 0.276. The Labute approximate surface area is 124 Å². The molecule has 0 spiro atoms. The van der Waals surface area contributed by atoms with E-state index in [1.165, 1.54) is 23.5 Å². The molecule has 2 aromatic carbocycles. The summed E-state index contributed by atoms with van der Waals surface area (Å²) in [7, 11) is 0. The van der Waals surface area contributed by atoms with Gasteiger partial charge in [0.05, 0.1) is 0 Å². The molecule has 0 unspecified atom stereocenters. The van der Waals surface area contributed by atoms with Crippen LogP contribution in [0.4, 0.5) is 4.79 Å². The van der Waals surface area contributed by atoms with Crippen LogP contribution >= 0.6 is 46.7 Å². The Morgan fingerprint density at radius 1 is 0.722 bits per heavy atom. The third-order valence-electron chi connectivity index (χ3n) is 2.03. The molecule has 0 saturated carbocycles. The molecule has 0 fully saturated rings. The highest BCUT2D eigenvalue weighted by Gasteiger charge is 2.07. The highest BCUT2D eigenvalue weighted by molar-refractivity contribution is 8.38. The van der Waals surface area contributed by atoms with E-state index in [2.05, 4.69) is 0 Å². The van der Waals surface area contributed by atoms with Gasteiger partial charge in [-0.25, -0.2) is 0 Å². The minimum atomic E-state index is 0.0136. The van der Waals surface area contributed by atoms with Crippen LogP contribution in [0, 0.1) is 0 Å². The Morgan fingerprint density at radius 2 is 1.06 bits per heavy atom. The predicted octanol–water partition coefficient (Wildman–Crippen LogP) is 6.00. The highest BCUT2D eigenvalue weighted by Crippen LogP contribution is 2.31. The first-order chi connectivity index (χ1) is 8.63. The first-order valence-corrected chi connectivity index (χ1v) is 7.43. The number of hydrogen-bond acceptors (Lipinski definition) is 3. The van der Waals surface area contributed by atoms with Crippen molar-refractivity contribution in [2.75, 3.05) is 0 Å². The summed E-state index contributed by atoms with van der Waals surface area (Å²) in [5, 5.41) is 1.33. The fourth-order valence-corrected chi connectivity index (χ4v) is 3.14. The van der Waals surface area contributed by atoms with Crippen molar-refractivity contribution < 1.29 is 4.79 Å². The summed E-state index contributed by atoms with van der Waals surface area (Å²) >= 11 is 13.9. The standard InChI is InChI=1S/C13H8Cl2OS2/c14-9-1-5-11(6-2-9)17-13(16)18-12-7-3-10(15)4-8-12/h1-8H. The van der Waals surface area contributed by atoms with Crippen LogP contribution in [-0.4, -0.2) is 4.45 Å². The molecule has 0 saturated heterocycles. The van der Waals surface area contributed by atoms with Crippen LogP contribution in [0.1, 0.15) is 0 Å². The van der Waals surface area contributed by atoms with E-state index >= 15 is 0 Å². The van der Waals surface area contributed by atoms with Crippen LogP contribution in [0.3, 0.4) is 0 Å². The lowest BCUT2D eigenvalue weighted by Gasteiger charge is -2.01. The average molecular weight is 315 g/mol. The van der Waals surface area contributed by atoms with Gasteiger partial charge >= 0.3 is 0 Å². The summed E-state index contributed by atoms with van der Waals surface area (Å²) in [5.41, 5.74) is 0. The van der Waals surface area contributed by atoms with Crippen molar-refractivity contribution in [2.24, 2.45) is 0 Å². The maximum absolute atomic E-state index is 11.8. The molecular weight excluding hydrogens is 307 g/mol. The van der Waals surface area contributed by atoms with Gasteiger partial charge in [0.2, 0.25) is 0 Å². The number of halogens is 2. The topological polar surface area (TPSA) is 17.1 Å². The second-order valence-electron chi connectivity index (χ2n) is 3.36. The fourth-order valence-electron chi connectivity index (χ4n) is 1.22. The third kappa shape index (κ3) is 4.25. The first-order valence-electron chi connectivity index (χ1n) is 5.04. The lowest BCUT2D eigenvalue weighted by atomic mass is 10.4. The van der Waals surface area contributed by atoms with Gasteiger partial charge in [-0.1, -0.05) is 23.2 Å². The highest BCUT2D eigenvalue weighted by atomic mass is 35.5. The molecular formula is C13H8Cl2OS2. The molecule has 0 aliphatic rings. The van der Waals surface area contributed by atoms with Gasteiger partial charge in [-0.05, 0) is 72.1 Å². The van der Waals surface area contributed by atoms with Gasteiger partial charge in [-0.15, -0.1) is 0 Å². The SMILES string of the molecule is O=C(Sc1ccc(Cl)cc1)Sc1ccc(Cl)cc1. The van der Waals surface area contributed by atoms with E-state index in [1.807, 2.05) is 24.3 Å². The van der Waals surface area contributed by atoms with E-state index in [0.717, 1.165) is 9.79 Å². The van der Waals surface area contributed by atoms with Gasteiger partial charge < -0.3 is 0 Å². The molecule has 0 atom stereocenters. The van der Waals surface area contributed by atoms with Crippen LogP contribution in [0.5, 0.6) is 0 Å². The minimum Gasteiger partial charge on any atom is -0.274 e. The number of benzene rings is 2. The first kappa shape index (κ1) is 13.8. The Hall–Kier alpha value is -0.610. The molecule has 2 aromatic rings. The van der Waals surface area contributed by atoms with Crippen LogP contribution in [0.25, 0.3) is 0 Å². The van der Waals surface area contributed by atoms with E-state index in [-0.39, 0.29) is 4.45 Å². The monoisotopic (exact) mass is 314 g/mol. The molecule has 0 N–H and O–H groups in total. The zero-order chi connectivity index (χ0) is 13.0. The maximum atomic E-state index is 11.8. The van der Waals surface area contributed by atoms with Gasteiger partial charge in [0.1, 0.15) is 0 Å². The van der Waals surface area contributed by atoms with Gasteiger partial charge in [0.25, 0.3) is 4.45 Å². The molecule has 0 radical (unpaired) electrons. The normalized spacial score (nSPS) is 10.3. The molecule has 0 amide bonds. The van der Waals surface area contributed by atoms with E-state index in [4.69, 9.17) is 23.2 Å². The Morgan fingerprint density at radius 3 is 1.39 bits per heavy atom. The molecule has 0 aliphatic heterocycles. The van der Waals surface area contributed by atoms with Gasteiger partial charge in [-0.3, -0.25) is 4.79 Å². The molecule has 0 bridgehead atoms. The largest absolute Gasteiger partial charge is 0.274 e. The second-order valence-corrected chi connectivity index (χ2v) is 6.59. The van der Waals surface area contributed by atoms with E-state index in [9.17, 15) is 4.79 Å². The number of hydrogen-bond donors (Lipinski definition) is 0. The number of thioether (sulfide) groups is 2. The molecule has 2 rings (SSSR count). The van der Waals surface area contributed by atoms with Gasteiger partial charge in [-0.2, -0.15) is 0 Å². The minimum absolute atomic E-state index is 0.0136. The number of carbonyl (C=O) groups excluding carboxylic acids is 1. The van der Waals surface area contributed by atoms with Crippen molar-refractivity contribution in [2.45, 2.75) is 9.79 Å². The van der Waals surface area contributed by atoms with Crippen molar-refractivity contribution in [3.63, 3.8) is 0 Å². The van der Waals surface area contributed by atoms with Crippen LogP contribution in [0.2, 0.25) is 10.0 Å². The second kappa shape index (κ2) is 6.53. The molecule has 5 heteroatoms. The zero-order valence-corrected chi connectivity index (χ0v) is 12.2. The van der Waals surface area contributed by atoms with Crippen molar-refractivity contribution in [1.82, 2.24) is 0 Å². The van der Waals surface area contributed by atoms with Crippen molar-refractivity contribution >= 4 is 51.2 Å². The van der Waals surface area contributed by atoms with Gasteiger partial charge in [0.15, 0.2) is 0 Å². The van der Waals surface area contributed by atoms with E-state index in [1.54, 1.807) is 24.3 Å². The summed E-state index contributed by atoms with van der Waals surface area (Å²) in [5.74, 6) is 0. The molecule has 18 heavy (non-hydrogen) atoms. The summed E-state index contributed by atoms with van der Waals surface area (Å²) in [6.07, 6.45) is 0. The Bertz CT molecular complexity index is 488. The number of rotatable bonds is 2. The molecule has 1 nitrogen and oxygen atoms in total. The fraction of sp³-hybridized carbons (Fsp3) is 0. The summed E-state index contributed by atoms with van der Waals surface area (Å²) in [6.45, 7) is 0. The van der Waals surface area contributed by atoms with Crippen molar-refractivity contribution in [1.29, 1.82) is 0 Å². The lowest BCUT2D eigenvalue weighted by Crippen LogP contribution is -1.81. The van der Waals surface area contributed by atoms with Crippen molar-refractivity contribution in [3.8, 4) is 0 Å². The summed E-state index contributed by atoms with van der Waals surface area (Å²) in [4.78, 5) is 13.6.